The van der Waals surface area contributed by atoms with Crippen LogP contribution < -0.4 is 15.4 Å². The molecule has 0 aliphatic carbocycles. The van der Waals surface area contributed by atoms with Gasteiger partial charge in [0.1, 0.15) is 40.8 Å². The van der Waals surface area contributed by atoms with E-state index < -0.39 is 77.0 Å². The standard InChI is InChI=1S/C46H58N4O14/c1-43(2,3)61-35(51)25-34(38(55)62-44(4,5)6)50(26-29-14-13-15-31(24-29)36(52)53)42(58)59-27-28-16-22-33(23-17-28)60-37(54)30-18-20-32(21-19-30)47-39(48-40(56)63-45(7,8)9)49-41(57)64-46(10,11)12/h13-24,34H,25-27H2,1-12H3,(H,52,53)(H2,47,48,49,56,57). The van der Waals surface area contributed by atoms with Gasteiger partial charge in [-0.15, -0.1) is 4.99 Å². The van der Waals surface area contributed by atoms with Crippen molar-refractivity contribution < 1.29 is 67.1 Å². The Morgan fingerprint density at radius 2 is 1.25 bits per heavy atom. The molecule has 0 fully saturated rings. The van der Waals surface area contributed by atoms with Crippen molar-refractivity contribution in [3.05, 3.63) is 95.1 Å². The molecule has 3 amide bonds. The van der Waals surface area contributed by atoms with Crippen LogP contribution in [0.3, 0.4) is 0 Å². The molecule has 0 saturated carbocycles. The predicted molar refractivity (Wildman–Crippen MR) is 234 cm³/mol. The van der Waals surface area contributed by atoms with Crippen LogP contribution in [-0.4, -0.2) is 86.6 Å². The Balaban J connectivity index is 1.77. The molecule has 0 aliphatic rings. The van der Waals surface area contributed by atoms with E-state index >= 15 is 0 Å². The number of carboxylic acids is 1. The molecule has 0 aliphatic heterocycles. The van der Waals surface area contributed by atoms with Crippen LogP contribution in [0.2, 0.25) is 0 Å². The van der Waals surface area contributed by atoms with Crippen molar-refractivity contribution in [2.75, 3.05) is 5.32 Å². The van der Waals surface area contributed by atoms with E-state index in [-0.39, 0.29) is 36.0 Å². The van der Waals surface area contributed by atoms with Crippen molar-refractivity contribution in [1.29, 1.82) is 0 Å². The first-order valence-electron chi connectivity index (χ1n) is 20.2. The highest BCUT2D eigenvalue weighted by molar-refractivity contribution is 6.06. The molecule has 18 nitrogen and oxygen atoms in total. The smallest absolute Gasteiger partial charge is 0.437 e. The molecule has 0 saturated heterocycles. The van der Waals surface area contributed by atoms with Crippen molar-refractivity contribution in [2.24, 2.45) is 4.99 Å². The minimum atomic E-state index is -1.52. The number of carbonyl (C=O) groups excluding carboxylic acids is 6. The molecule has 0 radical (unpaired) electrons. The number of ether oxygens (including phenoxy) is 6. The first-order valence-corrected chi connectivity index (χ1v) is 20.2. The van der Waals surface area contributed by atoms with Gasteiger partial charge in [-0.25, -0.2) is 28.8 Å². The molecule has 0 aromatic heterocycles. The summed E-state index contributed by atoms with van der Waals surface area (Å²) in [5, 5.41) is 14.7. The molecular weight excluding hydrogens is 833 g/mol. The van der Waals surface area contributed by atoms with E-state index in [9.17, 15) is 38.7 Å². The normalized spacial score (nSPS) is 12.5. The molecule has 18 heteroatoms. The van der Waals surface area contributed by atoms with E-state index in [0.29, 0.717) is 16.8 Å². The van der Waals surface area contributed by atoms with Gasteiger partial charge in [0.2, 0.25) is 5.96 Å². The number of carbonyl (C=O) groups is 7. The zero-order valence-electron chi connectivity index (χ0n) is 38.3. The molecule has 3 aromatic carbocycles. The Morgan fingerprint density at radius 3 is 1.80 bits per heavy atom. The summed E-state index contributed by atoms with van der Waals surface area (Å²) in [5.41, 5.74) is -2.38. The fourth-order valence-electron chi connectivity index (χ4n) is 5.27. The lowest BCUT2D eigenvalue weighted by molar-refractivity contribution is -0.168. The van der Waals surface area contributed by atoms with Gasteiger partial charge in [0, 0.05) is 12.2 Å². The highest BCUT2D eigenvalue weighted by Gasteiger charge is 2.38. The maximum Gasteiger partial charge on any atom is 0.437 e. The number of aliphatic imine (C=N–C) groups is 1. The molecule has 346 valence electrons. The third-order valence-corrected chi connectivity index (χ3v) is 7.69. The maximum absolute atomic E-state index is 13.9. The van der Waals surface area contributed by atoms with Crippen molar-refractivity contribution in [2.45, 2.75) is 131 Å². The van der Waals surface area contributed by atoms with Crippen LogP contribution in [0.25, 0.3) is 0 Å². The molecular formula is C46H58N4O14. The van der Waals surface area contributed by atoms with Crippen LogP contribution in [0.15, 0.2) is 77.8 Å². The third kappa shape index (κ3) is 19.0. The van der Waals surface area contributed by atoms with Crippen molar-refractivity contribution in [3.8, 4) is 5.75 Å². The second-order valence-corrected chi connectivity index (χ2v) is 18.3. The predicted octanol–water partition coefficient (Wildman–Crippen LogP) is 8.41. The first kappa shape index (κ1) is 51.4. The lowest BCUT2D eigenvalue weighted by Crippen LogP contribution is -2.48. The van der Waals surface area contributed by atoms with Gasteiger partial charge in [-0.05, 0) is 143 Å². The van der Waals surface area contributed by atoms with Crippen LogP contribution in [0.5, 0.6) is 5.75 Å². The number of alkyl carbamates (subject to hydrolysis) is 1. The number of esters is 3. The summed E-state index contributed by atoms with van der Waals surface area (Å²) in [6, 6.07) is 16.1. The van der Waals surface area contributed by atoms with E-state index in [0.717, 1.165) is 4.90 Å². The summed E-state index contributed by atoms with van der Waals surface area (Å²) >= 11 is 0. The fraction of sp³-hybridized carbons (Fsp3) is 0.435. The molecule has 0 heterocycles. The Hall–Kier alpha value is -6.98. The van der Waals surface area contributed by atoms with E-state index in [4.69, 9.17) is 28.4 Å². The summed E-state index contributed by atoms with van der Waals surface area (Å²) < 4.78 is 32.7. The number of aromatic carboxylic acids is 1. The number of carboxylic acid groups (broad SMARTS) is 1. The Bertz CT molecular complexity index is 2190. The van der Waals surface area contributed by atoms with E-state index in [1.54, 1.807) is 101 Å². The van der Waals surface area contributed by atoms with Crippen LogP contribution in [0, 0.1) is 0 Å². The summed E-state index contributed by atoms with van der Waals surface area (Å²) in [7, 11) is 0. The topological polar surface area (TPSA) is 235 Å². The van der Waals surface area contributed by atoms with E-state index in [2.05, 4.69) is 15.6 Å². The Morgan fingerprint density at radius 1 is 0.672 bits per heavy atom. The fourth-order valence-corrected chi connectivity index (χ4v) is 5.27. The third-order valence-electron chi connectivity index (χ3n) is 7.69. The van der Waals surface area contributed by atoms with Crippen molar-refractivity contribution in [1.82, 2.24) is 10.2 Å². The van der Waals surface area contributed by atoms with Crippen LogP contribution in [0.4, 0.5) is 20.1 Å². The SMILES string of the molecule is CC(C)(C)OC(=O)CC(C(=O)OC(C)(C)C)N(Cc1cccc(C(=O)O)c1)C(=O)OCc1ccc(OC(=O)c2ccc(NC(=NC(=O)OC(C)(C)C)NC(=O)OC(C)(C)C)cc2)cc1. The Labute approximate surface area is 372 Å². The van der Waals surface area contributed by atoms with Gasteiger partial charge in [0.15, 0.2) is 0 Å². The summed E-state index contributed by atoms with van der Waals surface area (Å²) in [5.74, 6) is -3.76. The maximum atomic E-state index is 13.9. The number of amides is 3. The number of nitrogens with one attached hydrogen (secondary N) is 2. The number of rotatable bonds is 12. The minimum absolute atomic E-state index is 0.0630. The molecule has 1 atom stereocenters. The molecule has 0 bridgehead atoms. The van der Waals surface area contributed by atoms with E-state index in [1.807, 2.05) is 0 Å². The van der Waals surface area contributed by atoms with Gasteiger partial charge in [0.05, 0.1) is 17.5 Å². The quantitative estimate of drug-likeness (QED) is 0.0509. The second kappa shape index (κ2) is 21.4. The van der Waals surface area contributed by atoms with E-state index in [1.165, 1.54) is 54.6 Å². The summed E-state index contributed by atoms with van der Waals surface area (Å²) in [4.78, 5) is 95.0. The Kier molecular flexibility index (Phi) is 17.2. The van der Waals surface area contributed by atoms with Gasteiger partial charge in [-0.3, -0.25) is 15.0 Å². The minimum Gasteiger partial charge on any atom is -0.478 e. The second-order valence-electron chi connectivity index (χ2n) is 18.3. The van der Waals surface area contributed by atoms with Crippen molar-refractivity contribution >= 4 is 53.8 Å². The molecule has 1 unspecified atom stereocenters. The first-order chi connectivity index (χ1) is 29.4. The summed E-state index contributed by atoms with van der Waals surface area (Å²) in [6.07, 6.45) is -3.46. The number of hydrogen-bond acceptors (Lipinski definition) is 13. The van der Waals surface area contributed by atoms with Gasteiger partial charge in [0.25, 0.3) is 0 Å². The molecule has 0 spiro atoms. The average Bonchev–Trinajstić information content (AvgIpc) is 3.13. The largest absolute Gasteiger partial charge is 0.478 e. The van der Waals surface area contributed by atoms with Crippen LogP contribution >= 0.6 is 0 Å². The summed E-state index contributed by atoms with van der Waals surface area (Å²) in [6.45, 7) is 19.2. The molecule has 3 N–H and O–H groups in total. The monoisotopic (exact) mass is 890 g/mol. The average molecular weight is 891 g/mol. The van der Waals surface area contributed by atoms with Crippen molar-refractivity contribution in [3.63, 3.8) is 0 Å². The molecule has 3 rings (SSSR count). The highest BCUT2D eigenvalue weighted by atomic mass is 16.6. The number of hydrogen-bond donors (Lipinski definition) is 3. The zero-order valence-corrected chi connectivity index (χ0v) is 38.3. The number of anilines is 1. The lowest BCUT2D eigenvalue weighted by Gasteiger charge is -2.32. The van der Waals surface area contributed by atoms with Gasteiger partial charge >= 0.3 is 42.2 Å². The van der Waals surface area contributed by atoms with Gasteiger partial charge < -0.3 is 38.8 Å². The molecule has 3 aromatic rings. The highest BCUT2D eigenvalue weighted by Crippen LogP contribution is 2.23. The molecule has 64 heavy (non-hydrogen) atoms. The van der Waals surface area contributed by atoms with Gasteiger partial charge in [-0.1, -0.05) is 24.3 Å². The number of nitrogens with zero attached hydrogens (tertiary/aromatic N) is 2. The van der Waals surface area contributed by atoms with Gasteiger partial charge in [-0.2, -0.15) is 0 Å². The lowest BCUT2D eigenvalue weighted by atomic mass is 10.1. The van der Waals surface area contributed by atoms with Crippen LogP contribution in [-0.2, 0) is 46.4 Å². The number of guanidine groups is 1. The number of benzene rings is 3. The van der Waals surface area contributed by atoms with Crippen LogP contribution in [0.1, 0.15) is 121 Å². The zero-order chi connectivity index (χ0) is 48.2.